The number of aryl methyl sites for hydroxylation is 1. The van der Waals surface area contributed by atoms with Gasteiger partial charge in [-0.05, 0) is 47.9 Å². The average Bonchev–Trinajstić information content (AvgIpc) is 3.16. The maximum Gasteiger partial charge on any atom is 0.283 e. The summed E-state index contributed by atoms with van der Waals surface area (Å²) < 4.78 is 0. The van der Waals surface area contributed by atoms with Gasteiger partial charge in [-0.2, -0.15) is 0 Å². The fourth-order valence-electron chi connectivity index (χ4n) is 4.83. The van der Waals surface area contributed by atoms with Crippen LogP contribution < -0.4 is 10.2 Å². The van der Waals surface area contributed by atoms with Crippen LogP contribution in [0.1, 0.15) is 28.4 Å². The third kappa shape index (κ3) is 5.21. The van der Waals surface area contributed by atoms with Gasteiger partial charge in [-0.3, -0.25) is 19.3 Å². The molecule has 5 rings (SSSR count). The molecule has 2 aliphatic rings. The number of nitrogens with one attached hydrogen (secondary N) is 1. The second-order valence-corrected chi connectivity index (χ2v) is 9.75. The van der Waals surface area contributed by atoms with Gasteiger partial charge in [0.05, 0.1) is 5.69 Å². The van der Waals surface area contributed by atoms with Gasteiger partial charge in [0.15, 0.2) is 0 Å². The molecule has 0 aromatic heterocycles. The van der Waals surface area contributed by atoms with Crippen molar-refractivity contribution in [1.29, 1.82) is 0 Å². The molecule has 1 fully saturated rings. The fourth-order valence-corrected chi connectivity index (χ4v) is 5.04. The Bertz CT molecular complexity index is 1380. The summed E-state index contributed by atoms with van der Waals surface area (Å²) in [6.07, 6.45) is 0.672. The van der Waals surface area contributed by atoms with Crippen LogP contribution in [0.15, 0.2) is 89.6 Å². The quantitative estimate of drug-likeness (QED) is 0.452. The van der Waals surface area contributed by atoms with E-state index in [-0.39, 0.29) is 16.6 Å². The van der Waals surface area contributed by atoms with Crippen molar-refractivity contribution in [3.63, 3.8) is 0 Å². The second kappa shape index (κ2) is 11.2. The van der Waals surface area contributed by atoms with Crippen LogP contribution in [-0.4, -0.2) is 53.7 Å². The molecule has 0 spiro atoms. The van der Waals surface area contributed by atoms with E-state index in [1.165, 1.54) is 5.56 Å². The fraction of sp³-hybridized carbons (Fsp3) is 0.233. The summed E-state index contributed by atoms with van der Waals surface area (Å²) in [7, 11) is 0. The molecule has 0 unspecified atom stereocenters. The Kier molecular flexibility index (Phi) is 7.58. The molecule has 1 N–H and O–H groups in total. The molecule has 0 saturated carbocycles. The zero-order chi connectivity index (χ0) is 26.6. The number of piperazine rings is 1. The summed E-state index contributed by atoms with van der Waals surface area (Å²) in [6, 6.07) is 24.5. The minimum absolute atomic E-state index is 0.0242. The van der Waals surface area contributed by atoms with Crippen molar-refractivity contribution in [2.45, 2.75) is 19.9 Å². The Hall–Kier alpha value is -3.94. The van der Waals surface area contributed by atoms with Crippen molar-refractivity contribution >= 4 is 40.7 Å². The molecule has 38 heavy (non-hydrogen) atoms. The molecule has 3 aromatic carbocycles. The number of rotatable bonds is 7. The Labute approximate surface area is 227 Å². The molecule has 7 nitrogen and oxygen atoms in total. The van der Waals surface area contributed by atoms with Gasteiger partial charge in [0.2, 0.25) is 0 Å². The molecule has 2 aliphatic heterocycles. The number of nitrogens with zero attached hydrogens (tertiary/aromatic N) is 3. The maximum atomic E-state index is 13.2. The molecule has 1 saturated heterocycles. The lowest BCUT2D eigenvalue weighted by molar-refractivity contribution is -0.120. The van der Waals surface area contributed by atoms with Crippen LogP contribution in [0.3, 0.4) is 0 Å². The monoisotopic (exact) mass is 528 g/mol. The molecule has 3 aromatic rings. The Balaban J connectivity index is 1.21. The highest BCUT2D eigenvalue weighted by Crippen LogP contribution is 2.32. The highest BCUT2D eigenvalue weighted by Gasteiger charge is 2.39. The van der Waals surface area contributed by atoms with Gasteiger partial charge in [-0.15, -0.1) is 0 Å². The van der Waals surface area contributed by atoms with Crippen molar-refractivity contribution in [2.75, 3.05) is 36.4 Å². The van der Waals surface area contributed by atoms with E-state index in [2.05, 4.69) is 22.3 Å². The maximum absolute atomic E-state index is 13.2. The summed E-state index contributed by atoms with van der Waals surface area (Å²) >= 11 is 6.30. The van der Waals surface area contributed by atoms with E-state index in [4.69, 9.17) is 11.6 Å². The average molecular weight is 529 g/mol. The number of para-hydroxylation sites is 1. The molecule has 2 heterocycles. The van der Waals surface area contributed by atoms with Crippen LogP contribution in [0.5, 0.6) is 0 Å². The zero-order valence-electron chi connectivity index (χ0n) is 21.2. The number of halogens is 1. The SMILES string of the molecule is CCc1ccccc1N1C(=O)C(Cl)=C(Nc2ccc(C(=O)N3CCN(Cc4ccccc4)CC3)cc2)C1=O. The van der Waals surface area contributed by atoms with E-state index in [0.29, 0.717) is 36.4 Å². The Morgan fingerprint density at radius 3 is 2.18 bits per heavy atom. The van der Waals surface area contributed by atoms with Crippen LogP contribution >= 0.6 is 11.6 Å². The van der Waals surface area contributed by atoms with E-state index in [1.54, 1.807) is 36.4 Å². The standard InChI is InChI=1S/C30H29ClN4O3/c1-2-22-10-6-7-11-25(22)35-29(37)26(31)27(30(35)38)32-24-14-12-23(13-15-24)28(36)34-18-16-33(17-19-34)20-21-8-4-3-5-9-21/h3-15,32H,2,16-20H2,1H3. The number of amides is 3. The second-order valence-electron chi connectivity index (χ2n) is 9.37. The minimum atomic E-state index is -0.557. The van der Waals surface area contributed by atoms with Crippen molar-refractivity contribution in [3.8, 4) is 0 Å². The predicted octanol–water partition coefficient (Wildman–Crippen LogP) is 4.64. The molecule has 3 amide bonds. The number of carbonyl (C=O) groups is 3. The zero-order valence-corrected chi connectivity index (χ0v) is 21.9. The largest absolute Gasteiger partial charge is 0.350 e. The third-order valence-electron chi connectivity index (χ3n) is 6.95. The number of anilines is 2. The van der Waals surface area contributed by atoms with E-state index in [9.17, 15) is 14.4 Å². The van der Waals surface area contributed by atoms with Gasteiger partial charge >= 0.3 is 0 Å². The van der Waals surface area contributed by atoms with Gasteiger partial charge in [0.1, 0.15) is 10.7 Å². The van der Waals surface area contributed by atoms with Crippen molar-refractivity contribution < 1.29 is 14.4 Å². The van der Waals surface area contributed by atoms with E-state index < -0.39 is 11.8 Å². The topological polar surface area (TPSA) is 73.0 Å². The summed E-state index contributed by atoms with van der Waals surface area (Å²) in [6.45, 7) is 5.82. The van der Waals surface area contributed by atoms with Crippen LogP contribution in [-0.2, 0) is 22.6 Å². The van der Waals surface area contributed by atoms with Gasteiger partial charge in [0.25, 0.3) is 17.7 Å². The highest BCUT2D eigenvalue weighted by atomic mass is 35.5. The highest BCUT2D eigenvalue weighted by molar-refractivity contribution is 6.53. The lowest BCUT2D eigenvalue weighted by atomic mass is 10.1. The van der Waals surface area contributed by atoms with Gasteiger partial charge < -0.3 is 10.2 Å². The Morgan fingerprint density at radius 2 is 1.50 bits per heavy atom. The minimum Gasteiger partial charge on any atom is -0.350 e. The van der Waals surface area contributed by atoms with Crippen molar-refractivity contribution in [2.24, 2.45) is 0 Å². The van der Waals surface area contributed by atoms with Crippen LogP contribution in [0.2, 0.25) is 0 Å². The first-order chi connectivity index (χ1) is 18.5. The van der Waals surface area contributed by atoms with E-state index >= 15 is 0 Å². The number of hydrogen-bond acceptors (Lipinski definition) is 5. The van der Waals surface area contributed by atoms with Crippen LogP contribution in [0.4, 0.5) is 11.4 Å². The van der Waals surface area contributed by atoms with E-state index in [0.717, 1.165) is 30.1 Å². The van der Waals surface area contributed by atoms with Gasteiger partial charge in [0, 0.05) is 44.0 Å². The number of imide groups is 1. The first-order valence-corrected chi connectivity index (χ1v) is 13.1. The molecule has 0 aliphatic carbocycles. The van der Waals surface area contributed by atoms with Gasteiger partial charge in [-0.25, -0.2) is 4.90 Å². The van der Waals surface area contributed by atoms with E-state index in [1.807, 2.05) is 42.2 Å². The predicted molar refractivity (Wildman–Crippen MR) is 149 cm³/mol. The summed E-state index contributed by atoms with van der Waals surface area (Å²) in [5.41, 5.74) is 3.84. The summed E-state index contributed by atoms with van der Waals surface area (Å²) in [5, 5.41) is 2.83. The molecule has 0 atom stereocenters. The number of benzene rings is 3. The molecule has 0 bridgehead atoms. The number of hydrogen-bond donors (Lipinski definition) is 1. The lowest BCUT2D eigenvalue weighted by Gasteiger charge is -2.34. The Morgan fingerprint density at radius 1 is 0.842 bits per heavy atom. The number of carbonyl (C=O) groups excluding carboxylic acids is 3. The summed E-state index contributed by atoms with van der Waals surface area (Å²) in [4.78, 5) is 44.4. The first-order valence-electron chi connectivity index (χ1n) is 12.8. The normalized spacial score (nSPS) is 16.4. The molecular weight excluding hydrogens is 500 g/mol. The molecule has 0 radical (unpaired) electrons. The molecular formula is C30H29ClN4O3. The van der Waals surface area contributed by atoms with Crippen molar-refractivity contribution in [1.82, 2.24) is 9.80 Å². The summed E-state index contributed by atoms with van der Waals surface area (Å²) in [5.74, 6) is -1.09. The van der Waals surface area contributed by atoms with Gasteiger partial charge in [-0.1, -0.05) is 67.1 Å². The lowest BCUT2D eigenvalue weighted by Crippen LogP contribution is -2.48. The van der Waals surface area contributed by atoms with Crippen molar-refractivity contribution in [3.05, 3.63) is 106 Å². The first kappa shape index (κ1) is 25.7. The molecule has 8 heteroatoms. The smallest absolute Gasteiger partial charge is 0.283 e. The van der Waals surface area contributed by atoms with Crippen LogP contribution in [0, 0.1) is 0 Å². The van der Waals surface area contributed by atoms with Crippen LogP contribution in [0.25, 0.3) is 0 Å². The molecule has 194 valence electrons. The third-order valence-corrected chi connectivity index (χ3v) is 7.30.